The Morgan fingerprint density at radius 2 is 2.30 bits per heavy atom. The molecule has 1 saturated carbocycles. The molecule has 1 aliphatic carbocycles. The van der Waals surface area contributed by atoms with Crippen LogP contribution in [0.15, 0.2) is 18.5 Å². The van der Waals surface area contributed by atoms with Crippen LogP contribution in [0.4, 0.5) is 5.69 Å². The SMILES string of the molecule is CCNc1ccncc1C(=O)NC1CC(OC)C1(C)C. The van der Waals surface area contributed by atoms with Crippen LogP contribution in [-0.2, 0) is 4.74 Å². The summed E-state index contributed by atoms with van der Waals surface area (Å²) in [6, 6.07) is 1.96. The summed E-state index contributed by atoms with van der Waals surface area (Å²) in [6.07, 6.45) is 4.34. The highest BCUT2D eigenvalue weighted by molar-refractivity contribution is 5.99. The number of hydrogen-bond donors (Lipinski definition) is 2. The summed E-state index contributed by atoms with van der Waals surface area (Å²) in [7, 11) is 1.72. The van der Waals surface area contributed by atoms with E-state index in [9.17, 15) is 4.79 Å². The van der Waals surface area contributed by atoms with Crippen molar-refractivity contribution in [3.8, 4) is 0 Å². The van der Waals surface area contributed by atoms with E-state index in [1.54, 1.807) is 19.5 Å². The van der Waals surface area contributed by atoms with Crippen LogP contribution in [0.25, 0.3) is 0 Å². The Balaban J connectivity index is 2.07. The highest BCUT2D eigenvalue weighted by Gasteiger charge is 2.49. The van der Waals surface area contributed by atoms with E-state index >= 15 is 0 Å². The lowest BCUT2D eigenvalue weighted by atomic mass is 9.64. The van der Waals surface area contributed by atoms with Crippen LogP contribution in [0.3, 0.4) is 0 Å². The summed E-state index contributed by atoms with van der Waals surface area (Å²) in [5, 5.41) is 6.27. The quantitative estimate of drug-likeness (QED) is 0.864. The molecular formula is C15H23N3O2. The molecule has 5 heteroatoms. The molecule has 2 atom stereocenters. The average Bonchev–Trinajstić information content (AvgIpc) is 2.43. The molecule has 0 spiro atoms. The predicted octanol–water partition coefficient (Wildman–Crippen LogP) is 2.06. The number of methoxy groups -OCH3 is 1. The summed E-state index contributed by atoms with van der Waals surface area (Å²) in [5.74, 6) is -0.0818. The lowest BCUT2D eigenvalue weighted by Crippen LogP contribution is -2.61. The smallest absolute Gasteiger partial charge is 0.255 e. The first kappa shape index (κ1) is 14.8. The van der Waals surface area contributed by atoms with Gasteiger partial charge in [0.1, 0.15) is 0 Å². The van der Waals surface area contributed by atoms with Crippen molar-refractivity contribution in [2.24, 2.45) is 5.41 Å². The van der Waals surface area contributed by atoms with Gasteiger partial charge in [0.15, 0.2) is 0 Å². The molecule has 0 radical (unpaired) electrons. The molecule has 2 rings (SSSR count). The number of ether oxygens (including phenoxy) is 1. The molecule has 110 valence electrons. The number of amides is 1. The van der Waals surface area contributed by atoms with Crippen LogP contribution in [0.2, 0.25) is 0 Å². The highest BCUT2D eigenvalue weighted by atomic mass is 16.5. The summed E-state index contributed by atoms with van der Waals surface area (Å²) < 4.78 is 5.41. The van der Waals surface area contributed by atoms with Gasteiger partial charge in [0.05, 0.1) is 17.4 Å². The minimum Gasteiger partial charge on any atom is -0.385 e. The van der Waals surface area contributed by atoms with Gasteiger partial charge in [-0.2, -0.15) is 0 Å². The van der Waals surface area contributed by atoms with Crippen molar-refractivity contribution < 1.29 is 9.53 Å². The van der Waals surface area contributed by atoms with Gasteiger partial charge in [-0.3, -0.25) is 9.78 Å². The molecule has 1 aromatic heterocycles. The van der Waals surface area contributed by atoms with Crippen molar-refractivity contribution in [1.29, 1.82) is 0 Å². The van der Waals surface area contributed by atoms with Gasteiger partial charge in [-0.05, 0) is 19.4 Å². The van der Waals surface area contributed by atoms with Gasteiger partial charge in [-0.1, -0.05) is 13.8 Å². The van der Waals surface area contributed by atoms with E-state index in [0.717, 1.165) is 18.7 Å². The first-order valence-corrected chi connectivity index (χ1v) is 7.02. The van der Waals surface area contributed by atoms with Crippen LogP contribution in [0, 0.1) is 5.41 Å². The van der Waals surface area contributed by atoms with Gasteiger partial charge in [-0.15, -0.1) is 0 Å². The van der Waals surface area contributed by atoms with E-state index < -0.39 is 0 Å². The van der Waals surface area contributed by atoms with Crippen molar-refractivity contribution in [2.45, 2.75) is 39.3 Å². The molecule has 20 heavy (non-hydrogen) atoms. The number of carbonyl (C=O) groups excluding carboxylic acids is 1. The Morgan fingerprint density at radius 3 is 2.90 bits per heavy atom. The topological polar surface area (TPSA) is 63.2 Å². The van der Waals surface area contributed by atoms with Gasteiger partial charge < -0.3 is 15.4 Å². The molecule has 1 amide bonds. The number of carbonyl (C=O) groups is 1. The van der Waals surface area contributed by atoms with Crippen molar-refractivity contribution >= 4 is 11.6 Å². The summed E-state index contributed by atoms with van der Waals surface area (Å²) in [5.41, 5.74) is 1.37. The Hall–Kier alpha value is -1.62. The second-order valence-electron chi connectivity index (χ2n) is 5.76. The normalized spacial score (nSPS) is 23.8. The van der Waals surface area contributed by atoms with Crippen LogP contribution in [0.1, 0.15) is 37.6 Å². The third-order valence-corrected chi connectivity index (χ3v) is 4.20. The second kappa shape index (κ2) is 5.79. The number of hydrogen-bond acceptors (Lipinski definition) is 4. The summed E-state index contributed by atoms with van der Waals surface area (Å²) in [6.45, 7) is 7.00. The van der Waals surface area contributed by atoms with Gasteiger partial charge in [0.2, 0.25) is 0 Å². The molecule has 1 aliphatic rings. The number of rotatable bonds is 5. The second-order valence-corrected chi connectivity index (χ2v) is 5.76. The average molecular weight is 277 g/mol. The largest absolute Gasteiger partial charge is 0.385 e. The molecule has 1 aromatic rings. The van der Waals surface area contributed by atoms with E-state index in [-0.39, 0.29) is 23.5 Å². The molecule has 2 N–H and O–H groups in total. The van der Waals surface area contributed by atoms with Crippen molar-refractivity contribution in [3.63, 3.8) is 0 Å². The minimum atomic E-state index is -0.0818. The lowest BCUT2D eigenvalue weighted by Gasteiger charge is -2.51. The predicted molar refractivity (Wildman–Crippen MR) is 78.8 cm³/mol. The third kappa shape index (κ3) is 2.63. The molecule has 1 heterocycles. The van der Waals surface area contributed by atoms with Crippen LogP contribution >= 0.6 is 0 Å². The van der Waals surface area contributed by atoms with Gasteiger partial charge in [0, 0.05) is 37.5 Å². The zero-order valence-corrected chi connectivity index (χ0v) is 12.6. The summed E-state index contributed by atoms with van der Waals surface area (Å²) in [4.78, 5) is 16.4. The molecule has 0 bridgehead atoms. The zero-order valence-electron chi connectivity index (χ0n) is 12.6. The number of aromatic nitrogens is 1. The first-order valence-electron chi connectivity index (χ1n) is 7.02. The van der Waals surface area contributed by atoms with Crippen molar-refractivity contribution in [2.75, 3.05) is 19.0 Å². The van der Waals surface area contributed by atoms with Gasteiger partial charge in [0.25, 0.3) is 5.91 Å². The maximum atomic E-state index is 12.4. The number of nitrogens with zero attached hydrogens (tertiary/aromatic N) is 1. The Kier molecular flexibility index (Phi) is 4.28. The fourth-order valence-corrected chi connectivity index (χ4v) is 2.69. The van der Waals surface area contributed by atoms with E-state index in [1.807, 2.05) is 13.0 Å². The first-order chi connectivity index (χ1) is 9.50. The van der Waals surface area contributed by atoms with Gasteiger partial charge >= 0.3 is 0 Å². The minimum absolute atomic E-state index is 0.0367. The Labute approximate surface area is 120 Å². The van der Waals surface area contributed by atoms with E-state index in [2.05, 4.69) is 29.5 Å². The fraction of sp³-hybridized carbons (Fsp3) is 0.600. The molecule has 0 saturated heterocycles. The monoisotopic (exact) mass is 277 g/mol. The highest BCUT2D eigenvalue weighted by Crippen LogP contribution is 2.42. The number of nitrogens with one attached hydrogen (secondary N) is 2. The molecule has 2 unspecified atom stereocenters. The van der Waals surface area contributed by atoms with E-state index in [4.69, 9.17) is 4.74 Å². The maximum Gasteiger partial charge on any atom is 0.255 e. The lowest BCUT2D eigenvalue weighted by molar-refractivity contribution is -0.0942. The van der Waals surface area contributed by atoms with Crippen LogP contribution < -0.4 is 10.6 Å². The van der Waals surface area contributed by atoms with E-state index in [1.165, 1.54) is 0 Å². The number of pyridine rings is 1. The van der Waals surface area contributed by atoms with Gasteiger partial charge in [-0.25, -0.2) is 0 Å². The van der Waals surface area contributed by atoms with Crippen molar-refractivity contribution in [3.05, 3.63) is 24.0 Å². The zero-order chi connectivity index (χ0) is 14.8. The van der Waals surface area contributed by atoms with Crippen LogP contribution in [-0.4, -0.2) is 36.7 Å². The van der Waals surface area contributed by atoms with Crippen molar-refractivity contribution in [1.82, 2.24) is 10.3 Å². The molecular weight excluding hydrogens is 254 g/mol. The number of anilines is 1. The van der Waals surface area contributed by atoms with Crippen LogP contribution in [0.5, 0.6) is 0 Å². The standard InChI is InChI=1S/C15H23N3O2/c1-5-17-11-6-7-16-9-10(11)14(19)18-12-8-13(20-4)15(12,2)3/h6-7,9,12-13H,5,8H2,1-4H3,(H,16,17)(H,18,19). The fourth-order valence-electron chi connectivity index (χ4n) is 2.69. The molecule has 1 fully saturated rings. The van der Waals surface area contributed by atoms with E-state index in [0.29, 0.717) is 5.56 Å². The maximum absolute atomic E-state index is 12.4. The Bertz CT molecular complexity index is 488. The molecule has 0 aliphatic heterocycles. The molecule has 0 aromatic carbocycles. The third-order valence-electron chi connectivity index (χ3n) is 4.20. The Morgan fingerprint density at radius 1 is 1.55 bits per heavy atom. The molecule has 5 nitrogen and oxygen atoms in total. The summed E-state index contributed by atoms with van der Waals surface area (Å²) >= 11 is 0.